The van der Waals surface area contributed by atoms with Crippen LogP contribution in [0.3, 0.4) is 0 Å². The molecule has 0 saturated carbocycles. The summed E-state index contributed by atoms with van der Waals surface area (Å²) in [6.07, 6.45) is 1.51. The molecule has 78 valence electrons. The quantitative estimate of drug-likeness (QED) is 0.763. The molecule has 3 nitrogen and oxygen atoms in total. The third-order valence-corrected chi connectivity index (χ3v) is 2.78. The molecule has 1 N–H and O–H groups in total. The SMILES string of the molecule is Cc1[nH]c(C(=O)c2ccco2)c(C)c1C. The Bertz CT molecular complexity index is 492. The lowest BCUT2D eigenvalue weighted by Crippen LogP contribution is -2.02. The molecular formula is C12H13NO2. The first kappa shape index (κ1) is 9.77. The van der Waals surface area contributed by atoms with Crippen molar-refractivity contribution in [3.05, 3.63) is 46.7 Å². The highest BCUT2D eigenvalue weighted by atomic mass is 16.3. The van der Waals surface area contributed by atoms with Crippen LogP contribution in [0.1, 0.15) is 33.1 Å². The predicted octanol–water partition coefficient (Wildman–Crippen LogP) is 2.76. The molecule has 2 aromatic heterocycles. The van der Waals surface area contributed by atoms with Crippen molar-refractivity contribution in [2.45, 2.75) is 20.8 Å². The van der Waals surface area contributed by atoms with E-state index in [4.69, 9.17) is 4.42 Å². The number of hydrogen-bond donors (Lipinski definition) is 1. The molecule has 0 aliphatic heterocycles. The number of hydrogen-bond acceptors (Lipinski definition) is 2. The second-order valence-electron chi connectivity index (χ2n) is 3.68. The van der Waals surface area contributed by atoms with E-state index < -0.39 is 0 Å². The highest BCUT2D eigenvalue weighted by molar-refractivity contribution is 6.07. The Kier molecular flexibility index (Phi) is 2.23. The molecule has 0 saturated heterocycles. The molecule has 3 heteroatoms. The molecule has 0 aromatic carbocycles. The van der Waals surface area contributed by atoms with Gasteiger partial charge in [-0.2, -0.15) is 0 Å². The number of rotatable bonds is 2. The van der Waals surface area contributed by atoms with Crippen molar-refractivity contribution in [1.82, 2.24) is 4.98 Å². The molecule has 0 fully saturated rings. The zero-order valence-electron chi connectivity index (χ0n) is 9.05. The first-order valence-electron chi connectivity index (χ1n) is 4.85. The predicted molar refractivity (Wildman–Crippen MR) is 57.1 cm³/mol. The van der Waals surface area contributed by atoms with Crippen molar-refractivity contribution >= 4 is 5.78 Å². The second-order valence-corrected chi connectivity index (χ2v) is 3.68. The summed E-state index contributed by atoms with van der Waals surface area (Å²) in [5, 5.41) is 0. The molecule has 0 amide bonds. The normalized spacial score (nSPS) is 10.6. The van der Waals surface area contributed by atoms with Crippen LogP contribution in [-0.2, 0) is 0 Å². The monoisotopic (exact) mass is 203 g/mol. The number of aromatic nitrogens is 1. The van der Waals surface area contributed by atoms with Crippen LogP contribution in [-0.4, -0.2) is 10.8 Å². The largest absolute Gasteiger partial charge is 0.461 e. The number of aromatic amines is 1. The van der Waals surface area contributed by atoms with Gasteiger partial charge in [0.2, 0.25) is 5.78 Å². The Morgan fingerprint density at radius 2 is 2.00 bits per heavy atom. The fourth-order valence-electron chi connectivity index (χ4n) is 1.60. The van der Waals surface area contributed by atoms with Gasteiger partial charge in [-0.05, 0) is 44.0 Å². The van der Waals surface area contributed by atoms with Crippen LogP contribution in [0.25, 0.3) is 0 Å². The minimum atomic E-state index is -0.0892. The molecule has 0 radical (unpaired) electrons. The summed E-state index contributed by atoms with van der Waals surface area (Å²) in [7, 11) is 0. The van der Waals surface area contributed by atoms with Crippen LogP contribution in [0.4, 0.5) is 0 Å². The highest BCUT2D eigenvalue weighted by Gasteiger charge is 2.18. The maximum Gasteiger partial charge on any atom is 0.244 e. The number of carbonyl (C=O) groups is 1. The Labute approximate surface area is 88.1 Å². The fraction of sp³-hybridized carbons (Fsp3) is 0.250. The first-order valence-corrected chi connectivity index (χ1v) is 4.85. The number of H-pyrrole nitrogens is 1. The number of ketones is 1. The van der Waals surface area contributed by atoms with Gasteiger partial charge in [0, 0.05) is 5.69 Å². The summed E-state index contributed by atoms with van der Waals surface area (Å²) in [6.45, 7) is 5.90. The van der Waals surface area contributed by atoms with Gasteiger partial charge in [-0.1, -0.05) is 0 Å². The van der Waals surface area contributed by atoms with Gasteiger partial charge >= 0.3 is 0 Å². The minimum Gasteiger partial charge on any atom is -0.461 e. The van der Waals surface area contributed by atoms with Gasteiger partial charge in [-0.25, -0.2) is 0 Å². The van der Waals surface area contributed by atoms with E-state index in [1.54, 1.807) is 12.1 Å². The maximum atomic E-state index is 12.0. The van der Waals surface area contributed by atoms with Crippen molar-refractivity contribution in [3.63, 3.8) is 0 Å². The van der Waals surface area contributed by atoms with Crippen molar-refractivity contribution in [1.29, 1.82) is 0 Å². The summed E-state index contributed by atoms with van der Waals surface area (Å²) in [4.78, 5) is 15.1. The van der Waals surface area contributed by atoms with Gasteiger partial charge in [-0.3, -0.25) is 4.79 Å². The standard InChI is InChI=1S/C12H13NO2/c1-7-8(2)11(13-9(7)3)12(14)10-5-4-6-15-10/h4-6,13H,1-3H3. The third kappa shape index (κ3) is 1.50. The molecule has 2 rings (SSSR count). The summed E-state index contributed by atoms with van der Waals surface area (Å²) >= 11 is 0. The lowest BCUT2D eigenvalue weighted by Gasteiger charge is -1.96. The van der Waals surface area contributed by atoms with Crippen molar-refractivity contribution in [2.24, 2.45) is 0 Å². The van der Waals surface area contributed by atoms with Gasteiger partial charge in [0.15, 0.2) is 5.76 Å². The van der Waals surface area contributed by atoms with E-state index in [0.717, 1.165) is 16.8 Å². The van der Waals surface area contributed by atoms with E-state index in [-0.39, 0.29) is 5.78 Å². The zero-order valence-corrected chi connectivity index (χ0v) is 9.05. The number of carbonyl (C=O) groups excluding carboxylic acids is 1. The van der Waals surface area contributed by atoms with Crippen LogP contribution in [0.5, 0.6) is 0 Å². The van der Waals surface area contributed by atoms with Crippen molar-refractivity contribution < 1.29 is 9.21 Å². The smallest absolute Gasteiger partial charge is 0.244 e. The third-order valence-electron chi connectivity index (χ3n) is 2.78. The summed E-state index contributed by atoms with van der Waals surface area (Å²) in [6, 6.07) is 3.39. The van der Waals surface area contributed by atoms with E-state index in [0.29, 0.717) is 11.5 Å². The van der Waals surface area contributed by atoms with Crippen molar-refractivity contribution in [2.75, 3.05) is 0 Å². The highest BCUT2D eigenvalue weighted by Crippen LogP contribution is 2.19. The van der Waals surface area contributed by atoms with E-state index in [1.165, 1.54) is 6.26 Å². The van der Waals surface area contributed by atoms with Crippen LogP contribution in [0.2, 0.25) is 0 Å². The van der Waals surface area contributed by atoms with E-state index in [1.807, 2.05) is 20.8 Å². The van der Waals surface area contributed by atoms with Gasteiger partial charge in [-0.15, -0.1) is 0 Å². The van der Waals surface area contributed by atoms with Gasteiger partial charge in [0.1, 0.15) is 0 Å². The Morgan fingerprint density at radius 3 is 2.47 bits per heavy atom. The zero-order chi connectivity index (χ0) is 11.0. The fourth-order valence-corrected chi connectivity index (χ4v) is 1.60. The molecule has 0 bridgehead atoms. The van der Waals surface area contributed by atoms with Gasteiger partial charge in [0.25, 0.3) is 0 Å². The number of furan rings is 1. The Morgan fingerprint density at radius 1 is 1.27 bits per heavy atom. The average Bonchev–Trinajstić information content (AvgIpc) is 2.82. The molecular weight excluding hydrogens is 190 g/mol. The molecule has 2 aromatic rings. The lowest BCUT2D eigenvalue weighted by molar-refractivity contribution is 0.100. The van der Waals surface area contributed by atoms with Crippen LogP contribution >= 0.6 is 0 Å². The second kappa shape index (κ2) is 3.42. The summed E-state index contributed by atoms with van der Waals surface area (Å²) < 4.78 is 5.08. The topological polar surface area (TPSA) is 46.0 Å². The van der Waals surface area contributed by atoms with Gasteiger partial charge < -0.3 is 9.40 Å². The molecule has 0 unspecified atom stereocenters. The van der Waals surface area contributed by atoms with Crippen LogP contribution in [0.15, 0.2) is 22.8 Å². The lowest BCUT2D eigenvalue weighted by atomic mass is 10.1. The summed E-state index contributed by atoms with van der Waals surface area (Å²) in [5.74, 6) is 0.285. The Balaban J connectivity index is 2.47. The minimum absolute atomic E-state index is 0.0892. The van der Waals surface area contributed by atoms with Crippen molar-refractivity contribution in [3.8, 4) is 0 Å². The van der Waals surface area contributed by atoms with Crippen LogP contribution < -0.4 is 0 Å². The molecule has 2 heterocycles. The number of aryl methyl sites for hydroxylation is 1. The maximum absolute atomic E-state index is 12.0. The molecule has 0 spiro atoms. The molecule has 0 aliphatic rings. The van der Waals surface area contributed by atoms with Gasteiger partial charge in [0.05, 0.1) is 12.0 Å². The van der Waals surface area contributed by atoms with Crippen LogP contribution in [0, 0.1) is 20.8 Å². The van der Waals surface area contributed by atoms with E-state index in [2.05, 4.69) is 4.98 Å². The number of nitrogens with one attached hydrogen (secondary N) is 1. The molecule has 0 aliphatic carbocycles. The Hall–Kier alpha value is -1.77. The summed E-state index contributed by atoms with van der Waals surface area (Å²) in [5.41, 5.74) is 3.78. The molecule has 0 atom stereocenters. The van der Waals surface area contributed by atoms with E-state index >= 15 is 0 Å². The first-order chi connectivity index (χ1) is 7.11. The van der Waals surface area contributed by atoms with E-state index in [9.17, 15) is 4.79 Å². The average molecular weight is 203 g/mol. The molecule has 15 heavy (non-hydrogen) atoms.